The summed E-state index contributed by atoms with van der Waals surface area (Å²) in [4.78, 5) is 13.5. The molecule has 5 heteroatoms. The zero-order valence-corrected chi connectivity index (χ0v) is 13.7. The van der Waals surface area contributed by atoms with Crippen molar-refractivity contribution in [2.75, 3.05) is 18.4 Å². The number of rotatable bonds is 4. The maximum Gasteiger partial charge on any atom is 0.221 e. The third kappa shape index (κ3) is 5.65. The number of amides is 1. The molecule has 1 heterocycles. The summed E-state index contributed by atoms with van der Waals surface area (Å²) in [6.07, 6.45) is 2.48. The molecule has 0 spiro atoms. The van der Waals surface area contributed by atoms with Crippen LogP contribution in [0, 0.1) is 5.92 Å². The standard InChI is InChI=1S/C16H25N3O.ClH/c1-12(17)15-4-3-9-19(11-15)10-14-5-7-16(8-6-14)18-13(2)20;/h5-8,12,15H,3-4,9-11,17H2,1-2H3,(H,18,20);1H. The topological polar surface area (TPSA) is 58.4 Å². The molecule has 0 bridgehead atoms. The van der Waals surface area contributed by atoms with Crippen molar-refractivity contribution in [2.24, 2.45) is 11.7 Å². The lowest BCUT2D eigenvalue weighted by molar-refractivity contribution is -0.114. The van der Waals surface area contributed by atoms with Gasteiger partial charge < -0.3 is 11.1 Å². The van der Waals surface area contributed by atoms with Crippen LogP contribution in [0.3, 0.4) is 0 Å². The highest BCUT2D eigenvalue weighted by Gasteiger charge is 2.22. The van der Waals surface area contributed by atoms with Crippen molar-refractivity contribution < 1.29 is 4.79 Å². The van der Waals surface area contributed by atoms with E-state index in [1.54, 1.807) is 0 Å². The fraction of sp³-hybridized carbons (Fsp3) is 0.562. The Morgan fingerprint density at radius 2 is 2.10 bits per heavy atom. The number of nitrogens with zero attached hydrogens (tertiary/aromatic N) is 1. The third-order valence-electron chi connectivity index (χ3n) is 3.97. The molecule has 2 unspecified atom stereocenters. The molecule has 0 radical (unpaired) electrons. The summed E-state index contributed by atoms with van der Waals surface area (Å²) in [7, 11) is 0. The number of hydrogen-bond acceptors (Lipinski definition) is 3. The van der Waals surface area contributed by atoms with Crippen molar-refractivity contribution >= 4 is 24.0 Å². The molecule has 0 saturated carbocycles. The average Bonchev–Trinajstić information content (AvgIpc) is 2.41. The summed E-state index contributed by atoms with van der Waals surface area (Å²) in [5, 5.41) is 2.79. The first kappa shape index (κ1) is 18.0. The van der Waals surface area contributed by atoms with E-state index in [0.29, 0.717) is 5.92 Å². The Kier molecular flexibility index (Phi) is 7.15. The Morgan fingerprint density at radius 1 is 1.43 bits per heavy atom. The van der Waals surface area contributed by atoms with Crippen LogP contribution < -0.4 is 11.1 Å². The normalized spacial score (nSPS) is 20.4. The van der Waals surface area contributed by atoms with Gasteiger partial charge in [0, 0.05) is 31.7 Å². The van der Waals surface area contributed by atoms with Gasteiger partial charge in [0.1, 0.15) is 0 Å². The molecule has 1 saturated heterocycles. The van der Waals surface area contributed by atoms with Gasteiger partial charge in [-0.1, -0.05) is 12.1 Å². The van der Waals surface area contributed by atoms with E-state index in [9.17, 15) is 4.79 Å². The van der Waals surface area contributed by atoms with E-state index < -0.39 is 0 Å². The minimum atomic E-state index is -0.0337. The van der Waals surface area contributed by atoms with Gasteiger partial charge in [-0.25, -0.2) is 0 Å². The van der Waals surface area contributed by atoms with E-state index in [0.717, 1.165) is 25.3 Å². The molecule has 2 atom stereocenters. The van der Waals surface area contributed by atoms with Gasteiger partial charge in [-0.2, -0.15) is 0 Å². The van der Waals surface area contributed by atoms with Crippen molar-refractivity contribution in [1.29, 1.82) is 0 Å². The molecule has 1 amide bonds. The first-order chi connectivity index (χ1) is 9.54. The monoisotopic (exact) mass is 311 g/mol. The summed E-state index contributed by atoms with van der Waals surface area (Å²) in [5.41, 5.74) is 8.16. The van der Waals surface area contributed by atoms with E-state index in [4.69, 9.17) is 5.73 Å². The number of benzene rings is 1. The third-order valence-corrected chi connectivity index (χ3v) is 3.97. The molecule has 0 aromatic heterocycles. The van der Waals surface area contributed by atoms with Crippen LogP contribution in [0.5, 0.6) is 0 Å². The maximum atomic E-state index is 11.0. The van der Waals surface area contributed by atoms with Gasteiger partial charge in [-0.3, -0.25) is 9.69 Å². The van der Waals surface area contributed by atoms with Gasteiger partial charge in [0.15, 0.2) is 0 Å². The number of nitrogens with two attached hydrogens (primary N) is 1. The molecule has 1 aromatic carbocycles. The largest absolute Gasteiger partial charge is 0.328 e. The molecule has 0 aliphatic carbocycles. The van der Waals surface area contributed by atoms with E-state index in [1.807, 2.05) is 12.1 Å². The van der Waals surface area contributed by atoms with Crippen LogP contribution in [-0.4, -0.2) is 29.9 Å². The molecule has 1 aliphatic rings. The lowest BCUT2D eigenvalue weighted by Crippen LogP contribution is -2.41. The van der Waals surface area contributed by atoms with Crippen LogP contribution in [0.25, 0.3) is 0 Å². The number of hydrogen-bond donors (Lipinski definition) is 2. The molecule has 1 aliphatic heterocycles. The predicted molar refractivity (Wildman–Crippen MR) is 89.6 cm³/mol. The molecule has 2 rings (SSSR count). The zero-order valence-electron chi connectivity index (χ0n) is 12.8. The van der Waals surface area contributed by atoms with Crippen LogP contribution in [0.4, 0.5) is 5.69 Å². The molecular formula is C16H26ClN3O. The number of nitrogens with one attached hydrogen (secondary N) is 1. The smallest absolute Gasteiger partial charge is 0.221 e. The minimum absolute atomic E-state index is 0. The van der Waals surface area contributed by atoms with Crippen LogP contribution in [0.2, 0.25) is 0 Å². The number of carbonyl (C=O) groups is 1. The quantitative estimate of drug-likeness (QED) is 0.898. The highest BCUT2D eigenvalue weighted by atomic mass is 35.5. The summed E-state index contributed by atoms with van der Waals surface area (Å²) >= 11 is 0. The first-order valence-corrected chi connectivity index (χ1v) is 7.39. The van der Waals surface area contributed by atoms with Gasteiger partial charge in [-0.15, -0.1) is 12.4 Å². The Bertz CT molecular complexity index is 447. The van der Waals surface area contributed by atoms with E-state index in [1.165, 1.54) is 25.3 Å². The predicted octanol–water partition coefficient (Wildman–Crippen LogP) is 2.63. The molecule has 21 heavy (non-hydrogen) atoms. The number of halogens is 1. The van der Waals surface area contributed by atoms with Gasteiger partial charge in [0.2, 0.25) is 5.91 Å². The lowest BCUT2D eigenvalue weighted by Gasteiger charge is -2.34. The van der Waals surface area contributed by atoms with E-state index >= 15 is 0 Å². The van der Waals surface area contributed by atoms with Crippen molar-refractivity contribution in [3.05, 3.63) is 29.8 Å². The molecular weight excluding hydrogens is 286 g/mol. The average molecular weight is 312 g/mol. The van der Waals surface area contributed by atoms with Crippen molar-refractivity contribution in [3.8, 4) is 0 Å². The molecule has 118 valence electrons. The highest BCUT2D eigenvalue weighted by Crippen LogP contribution is 2.21. The van der Waals surface area contributed by atoms with Gasteiger partial charge in [0.05, 0.1) is 0 Å². The van der Waals surface area contributed by atoms with Gasteiger partial charge in [-0.05, 0) is 49.9 Å². The molecule has 1 fully saturated rings. The summed E-state index contributed by atoms with van der Waals surface area (Å²) in [5.74, 6) is 0.580. The van der Waals surface area contributed by atoms with Gasteiger partial charge in [0.25, 0.3) is 0 Å². The summed E-state index contributed by atoms with van der Waals surface area (Å²) in [6.45, 7) is 6.83. The highest BCUT2D eigenvalue weighted by molar-refractivity contribution is 5.88. The van der Waals surface area contributed by atoms with E-state index in [2.05, 4.69) is 29.3 Å². The number of anilines is 1. The lowest BCUT2D eigenvalue weighted by atomic mass is 9.92. The summed E-state index contributed by atoms with van der Waals surface area (Å²) < 4.78 is 0. The van der Waals surface area contributed by atoms with Crippen LogP contribution >= 0.6 is 12.4 Å². The Balaban J connectivity index is 0.00000220. The number of likely N-dealkylation sites (tertiary alicyclic amines) is 1. The zero-order chi connectivity index (χ0) is 14.5. The molecule has 1 aromatic rings. The first-order valence-electron chi connectivity index (χ1n) is 7.39. The van der Waals surface area contributed by atoms with Gasteiger partial charge >= 0.3 is 0 Å². The second-order valence-electron chi connectivity index (χ2n) is 5.87. The Labute approximate surface area is 133 Å². The van der Waals surface area contributed by atoms with Crippen molar-refractivity contribution in [3.63, 3.8) is 0 Å². The van der Waals surface area contributed by atoms with Crippen LogP contribution in [0.1, 0.15) is 32.3 Å². The maximum absolute atomic E-state index is 11.0. The Morgan fingerprint density at radius 3 is 2.67 bits per heavy atom. The van der Waals surface area contributed by atoms with Crippen LogP contribution in [0.15, 0.2) is 24.3 Å². The second kappa shape index (κ2) is 8.37. The number of piperidine rings is 1. The fourth-order valence-corrected chi connectivity index (χ4v) is 2.82. The van der Waals surface area contributed by atoms with Crippen molar-refractivity contribution in [2.45, 2.75) is 39.3 Å². The van der Waals surface area contributed by atoms with Crippen LogP contribution in [-0.2, 0) is 11.3 Å². The minimum Gasteiger partial charge on any atom is -0.328 e. The SMILES string of the molecule is CC(=O)Nc1ccc(CN2CCCC(C(C)N)C2)cc1.Cl. The fourth-order valence-electron chi connectivity index (χ4n) is 2.82. The summed E-state index contributed by atoms with van der Waals surface area (Å²) in [6, 6.07) is 8.37. The van der Waals surface area contributed by atoms with Crippen molar-refractivity contribution in [1.82, 2.24) is 4.90 Å². The second-order valence-corrected chi connectivity index (χ2v) is 5.87. The number of carbonyl (C=O) groups excluding carboxylic acids is 1. The Hall–Kier alpha value is -1.10. The molecule has 3 N–H and O–H groups in total. The molecule has 4 nitrogen and oxygen atoms in total. The van der Waals surface area contributed by atoms with E-state index in [-0.39, 0.29) is 24.4 Å².